The van der Waals surface area contributed by atoms with Crippen molar-refractivity contribution in [2.45, 2.75) is 18.7 Å². The minimum absolute atomic E-state index is 0.0485. The van der Waals surface area contributed by atoms with Crippen LogP contribution in [0.15, 0.2) is 18.2 Å². The second kappa shape index (κ2) is 4.52. The maximum Gasteiger partial charge on any atom is 0.419 e. The van der Waals surface area contributed by atoms with Crippen LogP contribution in [0, 0.1) is 5.82 Å². The normalized spacial score (nSPS) is 20.6. The predicted molar refractivity (Wildman–Crippen MR) is 53.3 cm³/mol. The molecular formula is C11H11F4NO. The van der Waals surface area contributed by atoms with Gasteiger partial charge in [-0.1, -0.05) is 0 Å². The molecule has 1 aliphatic heterocycles. The fraction of sp³-hybridized carbons (Fsp3) is 0.455. The van der Waals surface area contributed by atoms with Crippen molar-refractivity contribution >= 4 is 0 Å². The third kappa shape index (κ3) is 2.88. The standard InChI is InChI=1S/C11H11F4NO/c12-10-2-1-7(5-9(10)11(13,14)15)17-8-3-4-16-6-8/h1-2,5,8,16H,3-4,6H2/t8-/m1/s1. The summed E-state index contributed by atoms with van der Waals surface area (Å²) in [7, 11) is 0. The van der Waals surface area contributed by atoms with Crippen LogP contribution in [0.2, 0.25) is 0 Å². The SMILES string of the molecule is Fc1ccc(O[C@@H]2CCNC2)cc1C(F)(F)F. The van der Waals surface area contributed by atoms with Crippen LogP contribution in [0.1, 0.15) is 12.0 Å². The molecule has 94 valence electrons. The van der Waals surface area contributed by atoms with Crippen LogP contribution >= 0.6 is 0 Å². The average Bonchev–Trinajstić information content (AvgIpc) is 2.72. The second-order valence-electron chi connectivity index (χ2n) is 3.87. The van der Waals surface area contributed by atoms with E-state index < -0.39 is 17.6 Å². The van der Waals surface area contributed by atoms with Gasteiger partial charge in [0.1, 0.15) is 17.7 Å². The van der Waals surface area contributed by atoms with Crippen LogP contribution in [0.5, 0.6) is 5.75 Å². The summed E-state index contributed by atoms with van der Waals surface area (Å²) < 4.78 is 55.6. The molecule has 0 bridgehead atoms. The summed E-state index contributed by atoms with van der Waals surface area (Å²) in [5.74, 6) is -1.23. The molecule has 0 amide bonds. The Morgan fingerprint density at radius 3 is 2.65 bits per heavy atom. The molecular weight excluding hydrogens is 238 g/mol. The molecule has 0 saturated carbocycles. The van der Waals surface area contributed by atoms with Crippen molar-refractivity contribution in [3.8, 4) is 5.75 Å². The van der Waals surface area contributed by atoms with Crippen molar-refractivity contribution in [1.29, 1.82) is 0 Å². The molecule has 1 aromatic carbocycles. The maximum absolute atomic E-state index is 13.0. The van der Waals surface area contributed by atoms with Gasteiger partial charge in [0.2, 0.25) is 0 Å². The van der Waals surface area contributed by atoms with Crippen LogP contribution in [0.4, 0.5) is 17.6 Å². The van der Waals surface area contributed by atoms with E-state index in [4.69, 9.17) is 4.74 Å². The Kier molecular flexibility index (Phi) is 3.24. The predicted octanol–water partition coefficient (Wildman–Crippen LogP) is 2.59. The summed E-state index contributed by atoms with van der Waals surface area (Å²) in [5, 5.41) is 3.03. The first-order valence-corrected chi connectivity index (χ1v) is 5.21. The first kappa shape index (κ1) is 12.2. The number of nitrogens with one attached hydrogen (secondary N) is 1. The lowest BCUT2D eigenvalue weighted by Gasteiger charge is -2.14. The fourth-order valence-corrected chi connectivity index (χ4v) is 1.72. The minimum atomic E-state index is -4.70. The molecule has 0 unspecified atom stereocenters. The van der Waals surface area contributed by atoms with Crippen molar-refractivity contribution in [1.82, 2.24) is 5.32 Å². The van der Waals surface area contributed by atoms with Gasteiger partial charge in [-0.05, 0) is 31.2 Å². The zero-order chi connectivity index (χ0) is 12.5. The van der Waals surface area contributed by atoms with E-state index in [1.807, 2.05) is 0 Å². The Hall–Kier alpha value is -1.30. The molecule has 1 atom stereocenters. The van der Waals surface area contributed by atoms with Gasteiger partial charge >= 0.3 is 6.18 Å². The van der Waals surface area contributed by atoms with E-state index in [2.05, 4.69) is 5.32 Å². The van der Waals surface area contributed by atoms with E-state index in [1.165, 1.54) is 6.07 Å². The van der Waals surface area contributed by atoms with Crippen molar-refractivity contribution in [3.63, 3.8) is 0 Å². The van der Waals surface area contributed by atoms with Crippen LogP contribution < -0.4 is 10.1 Å². The highest BCUT2D eigenvalue weighted by atomic mass is 19.4. The van der Waals surface area contributed by atoms with Crippen LogP contribution in [0.3, 0.4) is 0 Å². The van der Waals surface area contributed by atoms with Gasteiger partial charge in [0.15, 0.2) is 0 Å². The van der Waals surface area contributed by atoms with Crippen molar-refractivity contribution in [2.24, 2.45) is 0 Å². The number of hydrogen-bond acceptors (Lipinski definition) is 2. The smallest absolute Gasteiger partial charge is 0.419 e. The van der Waals surface area contributed by atoms with E-state index in [0.717, 1.165) is 19.0 Å². The number of benzene rings is 1. The summed E-state index contributed by atoms with van der Waals surface area (Å²) in [6.07, 6.45) is -4.11. The summed E-state index contributed by atoms with van der Waals surface area (Å²) in [6, 6.07) is 2.69. The van der Waals surface area contributed by atoms with Gasteiger partial charge < -0.3 is 10.1 Å². The molecule has 0 aliphatic carbocycles. The summed E-state index contributed by atoms with van der Waals surface area (Å²) in [5.41, 5.74) is -1.29. The Morgan fingerprint density at radius 1 is 1.29 bits per heavy atom. The number of rotatable bonds is 2. The Balaban J connectivity index is 2.18. The van der Waals surface area contributed by atoms with Crippen LogP contribution in [-0.2, 0) is 6.18 Å². The molecule has 2 nitrogen and oxygen atoms in total. The molecule has 0 aromatic heterocycles. The largest absolute Gasteiger partial charge is 0.489 e. The lowest BCUT2D eigenvalue weighted by atomic mass is 10.2. The second-order valence-corrected chi connectivity index (χ2v) is 3.87. The summed E-state index contributed by atoms with van der Waals surface area (Å²) in [6.45, 7) is 1.37. The number of ether oxygens (including phenoxy) is 1. The van der Waals surface area contributed by atoms with Crippen molar-refractivity contribution in [2.75, 3.05) is 13.1 Å². The van der Waals surface area contributed by atoms with Crippen LogP contribution in [-0.4, -0.2) is 19.2 Å². The number of hydrogen-bond donors (Lipinski definition) is 1. The highest BCUT2D eigenvalue weighted by molar-refractivity contribution is 5.31. The summed E-state index contributed by atoms with van der Waals surface area (Å²) in [4.78, 5) is 0. The molecule has 0 radical (unpaired) electrons. The molecule has 17 heavy (non-hydrogen) atoms. The molecule has 1 N–H and O–H groups in total. The van der Waals surface area contributed by atoms with Crippen LogP contribution in [0.25, 0.3) is 0 Å². The number of alkyl halides is 3. The molecule has 1 heterocycles. The Labute approximate surface area is 95.6 Å². The monoisotopic (exact) mass is 249 g/mol. The van der Waals surface area contributed by atoms with Gasteiger partial charge in [0.05, 0.1) is 5.56 Å². The molecule has 1 fully saturated rings. The molecule has 2 rings (SSSR count). The van der Waals surface area contributed by atoms with Gasteiger partial charge in [0.25, 0.3) is 0 Å². The third-order valence-corrected chi connectivity index (χ3v) is 2.56. The van der Waals surface area contributed by atoms with E-state index in [1.54, 1.807) is 0 Å². The molecule has 0 spiro atoms. The zero-order valence-electron chi connectivity index (χ0n) is 8.85. The van der Waals surface area contributed by atoms with Crippen molar-refractivity contribution < 1.29 is 22.3 Å². The highest BCUT2D eigenvalue weighted by Crippen LogP contribution is 2.33. The lowest BCUT2D eigenvalue weighted by molar-refractivity contribution is -0.140. The molecule has 6 heteroatoms. The van der Waals surface area contributed by atoms with E-state index in [-0.39, 0.29) is 11.9 Å². The summed E-state index contributed by atoms with van der Waals surface area (Å²) >= 11 is 0. The van der Waals surface area contributed by atoms with Gasteiger partial charge in [-0.3, -0.25) is 0 Å². The fourth-order valence-electron chi connectivity index (χ4n) is 1.72. The van der Waals surface area contributed by atoms with Crippen molar-refractivity contribution in [3.05, 3.63) is 29.6 Å². The van der Waals surface area contributed by atoms with E-state index >= 15 is 0 Å². The van der Waals surface area contributed by atoms with Gasteiger partial charge in [-0.15, -0.1) is 0 Å². The zero-order valence-corrected chi connectivity index (χ0v) is 8.85. The van der Waals surface area contributed by atoms with E-state index in [0.29, 0.717) is 12.6 Å². The van der Waals surface area contributed by atoms with Gasteiger partial charge in [-0.25, -0.2) is 4.39 Å². The first-order chi connectivity index (χ1) is 7.97. The first-order valence-electron chi connectivity index (χ1n) is 5.21. The Bertz CT molecular complexity index is 399. The average molecular weight is 249 g/mol. The Morgan fingerprint density at radius 2 is 2.06 bits per heavy atom. The topological polar surface area (TPSA) is 21.3 Å². The molecule has 1 aromatic rings. The third-order valence-electron chi connectivity index (χ3n) is 2.56. The minimum Gasteiger partial charge on any atom is -0.489 e. The maximum atomic E-state index is 13.0. The molecule has 1 aliphatic rings. The highest BCUT2D eigenvalue weighted by Gasteiger charge is 2.34. The van der Waals surface area contributed by atoms with Gasteiger partial charge in [-0.2, -0.15) is 13.2 Å². The van der Waals surface area contributed by atoms with E-state index in [9.17, 15) is 17.6 Å². The number of halogens is 4. The molecule has 1 saturated heterocycles. The lowest BCUT2D eigenvalue weighted by Crippen LogP contribution is -2.20. The quantitative estimate of drug-likeness (QED) is 0.813. The van der Waals surface area contributed by atoms with Gasteiger partial charge in [0, 0.05) is 6.54 Å².